The van der Waals surface area contributed by atoms with Gasteiger partial charge in [0, 0.05) is 51.3 Å². The quantitative estimate of drug-likeness (QED) is 0.214. The largest absolute Gasteiger partial charge is 0.444 e. The van der Waals surface area contributed by atoms with Crippen LogP contribution >= 0.6 is 0 Å². The first-order valence-electron chi connectivity index (χ1n) is 16.9. The topological polar surface area (TPSA) is 82.8 Å². The van der Waals surface area contributed by atoms with E-state index in [0.717, 1.165) is 48.0 Å². The third kappa shape index (κ3) is 8.37. The molecule has 1 saturated heterocycles. The summed E-state index contributed by atoms with van der Waals surface area (Å²) in [5, 5.41) is 11.7. The van der Waals surface area contributed by atoms with Gasteiger partial charge < -0.3 is 19.1 Å². The van der Waals surface area contributed by atoms with Gasteiger partial charge in [0.05, 0.1) is 18.1 Å². The van der Waals surface area contributed by atoms with Gasteiger partial charge in [-0.1, -0.05) is 19.6 Å². The second-order valence-electron chi connectivity index (χ2n) is 16.4. The van der Waals surface area contributed by atoms with E-state index in [1.807, 2.05) is 12.4 Å². The van der Waals surface area contributed by atoms with Crippen LogP contribution in [0.1, 0.15) is 77.8 Å². The zero-order valence-electron chi connectivity index (χ0n) is 28.6. The molecule has 3 atom stereocenters. The standard InChI is InChI=1S/C33H54F3N5O4Si/c1-31(2,3)45-30(43)39(20-33(34,35)36)18-23-8-10-24(11-9-23)40-21-41(25-12-13-25)29(42)32(4)19-37-28-26(27(32)40)14-15-38(28)22-44-16-17-46(5,6)7/h14-15,19,23-25,27,29,42H,8-13,16-18,20-22H2,1-7H3/t23-,24-,27?,29?,32?. The number of carbonyl (C=O) groups is 1. The molecule has 13 heteroatoms. The van der Waals surface area contributed by atoms with E-state index in [4.69, 9.17) is 14.5 Å². The van der Waals surface area contributed by atoms with Crippen molar-refractivity contribution in [3.05, 3.63) is 17.8 Å². The van der Waals surface area contributed by atoms with E-state index in [1.165, 1.54) is 0 Å². The third-order valence-corrected chi connectivity index (χ3v) is 11.6. The van der Waals surface area contributed by atoms with Gasteiger partial charge >= 0.3 is 12.3 Å². The van der Waals surface area contributed by atoms with Crippen LogP contribution in [0, 0.1) is 11.3 Å². The molecule has 1 amide bonds. The number of halogens is 3. The molecule has 4 aliphatic rings. The molecule has 5 rings (SSSR count). The van der Waals surface area contributed by atoms with Gasteiger partial charge in [-0.3, -0.25) is 14.7 Å². The van der Waals surface area contributed by atoms with Crippen molar-refractivity contribution in [1.29, 1.82) is 0 Å². The number of amides is 1. The Bertz CT molecular complexity index is 1250. The molecule has 46 heavy (non-hydrogen) atoms. The average molecular weight is 670 g/mol. The molecule has 1 aromatic heterocycles. The van der Waals surface area contributed by atoms with Crippen molar-refractivity contribution in [2.75, 3.05) is 26.4 Å². The van der Waals surface area contributed by atoms with E-state index < -0.39 is 44.1 Å². The van der Waals surface area contributed by atoms with Crippen molar-refractivity contribution >= 4 is 26.2 Å². The van der Waals surface area contributed by atoms with Gasteiger partial charge in [-0.05, 0) is 84.2 Å². The molecule has 260 valence electrons. The number of nitrogens with zero attached hydrogens (tertiary/aromatic N) is 5. The van der Waals surface area contributed by atoms with Crippen LogP contribution in [0.15, 0.2) is 17.3 Å². The molecule has 9 nitrogen and oxygen atoms in total. The summed E-state index contributed by atoms with van der Waals surface area (Å²) in [4.78, 5) is 23.2. The molecule has 1 N–H and O–H groups in total. The summed E-state index contributed by atoms with van der Waals surface area (Å²) < 4.78 is 53.8. The Balaban J connectivity index is 1.31. The second kappa shape index (κ2) is 13.2. The van der Waals surface area contributed by atoms with Crippen LogP contribution in [0.2, 0.25) is 25.7 Å². The lowest BCUT2D eigenvalue weighted by molar-refractivity contribution is -0.175. The van der Waals surface area contributed by atoms with E-state index in [0.29, 0.717) is 38.9 Å². The minimum atomic E-state index is -4.50. The van der Waals surface area contributed by atoms with Crippen LogP contribution in [0.5, 0.6) is 0 Å². The summed E-state index contributed by atoms with van der Waals surface area (Å²) in [5.74, 6) is 0.812. The van der Waals surface area contributed by atoms with Crippen molar-refractivity contribution in [2.45, 2.75) is 135 Å². The molecule has 1 aromatic rings. The summed E-state index contributed by atoms with van der Waals surface area (Å²) in [6.07, 6.45) is 3.01. The minimum Gasteiger partial charge on any atom is -0.444 e. The van der Waals surface area contributed by atoms with Gasteiger partial charge in [-0.25, -0.2) is 9.79 Å². The smallest absolute Gasteiger partial charge is 0.410 e. The van der Waals surface area contributed by atoms with E-state index >= 15 is 0 Å². The first-order chi connectivity index (χ1) is 21.3. The van der Waals surface area contributed by atoms with Crippen LogP contribution in [0.25, 0.3) is 0 Å². The predicted octanol–water partition coefficient (Wildman–Crippen LogP) is 6.98. The minimum absolute atomic E-state index is 0.0204. The van der Waals surface area contributed by atoms with Crippen LogP contribution in [-0.2, 0) is 16.2 Å². The Hall–Kier alpha value is -1.93. The molecule has 3 heterocycles. The van der Waals surface area contributed by atoms with E-state index in [-0.39, 0.29) is 24.5 Å². The van der Waals surface area contributed by atoms with Crippen molar-refractivity contribution < 1.29 is 32.5 Å². The number of aliphatic hydroxyl groups excluding tert-OH is 1. The number of hydrogen-bond donors (Lipinski definition) is 1. The van der Waals surface area contributed by atoms with Crippen molar-refractivity contribution in [3.8, 4) is 0 Å². The molecule has 0 radical (unpaired) electrons. The molecular formula is C33H54F3N5O4Si. The van der Waals surface area contributed by atoms with Crippen LogP contribution in [0.4, 0.5) is 23.8 Å². The number of carbonyl (C=O) groups excluding carboxylic acids is 1. The van der Waals surface area contributed by atoms with Crippen LogP contribution < -0.4 is 0 Å². The van der Waals surface area contributed by atoms with Crippen LogP contribution in [0.3, 0.4) is 0 Å². The monoisotopic (exact) mass is 669 g/mol. The maximum atomic E-state index is 13.4. The number of hydrogen-bond acceptors (Lipinski definition) is 7. The third-order valence-electron chi connectivity index (χ3n) is 9.87. The second-order valence-corrected chi connectivity index (χ2v) is 22.0. The molecular weight excluding hydrogens is 615 g/mol. The van der Waals surface area contributed by atoms with Gasteiger partial charge in [0.15, 0.2) is 0 Å². The highest BCUT2D eigenvalue weighted by Gasteiger charge is 2.56. The molecule has 0 bridgehead atoms. The Morgan fingerprint density at radius 1 is 1.09 bits per heavy atom. The van der Waals surface area contributed by atoms with E-state index in [2.05, 4.69) is 47.0 Å². The summed E-state index contributed by atoms with van der Waals surface area (Å²) in [6.45, 7) is 14.6. The van der Waals surface area contributed by atoms with E-state index in [1.54, 1.807) is 20.8 Å². The predicted molar refractivity (Wildman–Crippen MR) is 175 cm³/mol. The zero-order chi connectivity index (χ0) is 33.7. The Morgan fingerprint density at radius 3 is 2.30 bits per heavy atom. The Labute approximate surface area is 273 Å². The van der Waals surface area contributed by atoms with E-state index in [9.17, 15) is 23.1 Å². The van der Waals surface area contributed by atoms with Gasteiger partial charge in [0.2, 0.25) is 0 Å². The summed E-state index contributed by atoms with van der Waals surface area (Å²) in [6, 6.07) is 3.63. The van der Waals surface area contributed by atoms with Crippen molar-refractivity contribution in [1.82, 2.24) is 19.3 Å². The molecule has 3 unspecified atom stereocenters. The highest BCUT2D eigenvalue weighted by atomic mass is 28.3. The number of aromatic nitrogens is 1. The zero-order valence-corrected chi connectivity index (χ0v) is 29.6. The Morgan fingerprint density at radius 2 is 1.72 bits per heavy atom. The molecule has 2 aliphatic carbocycles. The van der Waals surface area contributed by atoms with Gasteiger partial charge in [-0.15, -0.1) is 0 Å². The summed E-state index contributed by atoms with van der Waals surface area (Å²) >= 11 is 0. The number of fused-ring (bicyclic) bond motifs is 3. The molecule has 0 spiro atoms. The van der Waals surface area contributed by atoms with Gasteiger partial charge in [0.1, 0.15) is 30.9 Å². The molecule has 2 aliphatic heterocycles. The number of aliphatic imine (C=N–C) groups is 1. The molecule has 0 aromatic carbocycles. The highest BCUT2D eigenvalue weighted by Crippen LogP contribution is 2.54. The number of rotatable bonds is 10. The summed E-state index contributed by atoms with van der Waals surface area (Å²) in [7, 11) is -1.21. The lowest BCUT2D eigenvalue weighted by Crippen LogP contribution is -2.65. The number of aliphatic hydroxyl groups is 1. The first-order valence-corrected chi connectivity index (χ1v) is 20.6. The molecule has 2 saturated carbocycles. The maximum absolute atomic E-state index is 13.4. The fraction of sp³-hybridized carbons (Fsp3) is 0.818. The Kier molecular flexibility index (Phi) is 10.1. The van der Waals surface area contributed by atoms with Gasteiger partial charge in [-0.2, -0.15) is 13.2 Å². The molecule has 3 fully saturated rings. The fourth-order valence-electron chi connectivity index (χ4n) is 7.31. The number of ether oxygens (including phenoxy) is 2. The fourth-order valence-corrected chi connectivity index (χ4v) is 8.06. The number of alkyl halides is 3. The van der Waals surface area contributed by atoms with Crippen molar-refractivity contribution in [2.24, 2.45) is 16.3 Å². The lowest BCUT2D eigenvalue weighted by atomic mass is 9.72. The van der Waals surface area contributed by atoms with Crippen LogP contribution in [-0.4, -0.2) is 101 Å². The maximum Gasteiger partial charge on any atom is 0.410 e. The van der Waals surface area contributed by atoms with Crippen molar-refractivity contribution in [3.63, 3.8) is 0 Å². The first kappa shape index (κ1) is 35.4. The normalized spacial score (nSPS) is 29.4. The highest BCUT2D eigenvalue weighted by molar-refractivity contribution is 6.76. The SMILES string of the molecule is CC(C)(C)OC(=O)N(CC(F)(F)F)C[C@H]1CC[C@H](N2CN(C3CC3)C(O)C3(C)C=Nc4c(ccn4COCC[Si](C)(C)C)C23)CC1. The average Bonchev–Trinajstić information content (AvgIpc) is 3.69. The van der Waals surface area contributed by atoms with Gasteiger partial charge in [0.25, 0.3) is 0 Å². The summed E-state index contributed by atoms with van der Waals surface area (Å²) in [5.41, 5.74) is -0.425. The lowest BCUT2D eigenvalue weighted by Gasteiger charge is -2.57.